The van der Waals surface area contributed by atoms with Crippen molar-refractivity contribution in [2.24, 2.45) is 0 Å². The van der Waals surface area contributed by atoms with E-state index in [9.17, 15) is 4.79 Å². The van der Waals surface area contributed by atoms with E-state index in [0.29, 0.717) is 28.1 Å². The molecular weight excluding hydrogens is 285 g/mol. The zero-order valence-electron chi connectivity index (χ0n) is 10.2. The Morgan fingerprint density at radius 2 is 2.05 bits per heavy atom. The van der Waals surface area contributed by atoms with E-state index in [-0.39, 0.29) is 5.78 Å². The molecule has 0 N–H and O–H groups in total. The maximum absolute atomic E-state index is 11.0. The SMILES string of the molecule is CC(=O)Cc1ccc(Oc2ccnc(Cl)c2)c(Cl)c1. The van der Waals surface area contributed by atoms with Gasteiger partial charge in [0, 0.05) is 18.7 Å². The number of hydrogen-bond donors (Lipinski definition) is 0. The van der Waals surface area contributed by atoms with Crippen molar-refractivity contribution in [3.63, 3.8) is 0 Å². The van der Waals surface area contributed by atoms with Crippen molar-refractivity contribution in [3.8, 4) is 11.5 Å². The Morgan fingerprint density at radius 1 is 1.26 bits per heavy atom. The summed E-state index contributed by atoms with van der Waals surface area (Å²) in [5, 5.41) is 0.800. The average Bonchev–Trinajstić information content (AvgIpc) is 2.32. The molecule has 0 spiro atoms. The summed E-state index contributed by atoms with van der Waals surface area (Å²) in [6.07, 6.45) is 1.91. The molecule has 98 valence electrons. The van der Waals surface area contributed by atoms with E-state index >= 15 is 0 Å². The van der Waals surface area contributed by atoms with Crippen LogP contribution in [0.4, 0.5) is 0 Å². The topological polar surface area (TPSA) is 39.2 Å². The Morgan fingerprint density at radius 3 is 2.68 bits per heavy atom. The molecule has 1 heterocycles. The van der Waals surface area contributed by atoms with Crippen molar-refractivity contribution in [2.45, 2.75) is 13.3 Å². The second-order valence-electron chi connectivity index (χ2n) is 4.06. The van der Waals surface area contributed by atoms with Crippen LogP contribution in [0.1, 0.15) is 12.5 Å². The lowest BCUT2D eigenvalue weighted by molar-refractivity contribution is -0.116. The first kappa shape index (κ1) is 13.8. The lowest BCUT2D eigenvalue weighted by Gasteiger charge is -2.08. The highest BCUT2D eigenvalue weighted by Crippen LogP contribution is 2.30. The number of ether oxygens (including phenoxy) is 1. The Kier molecular flexibility index (Phi) is 4.40. The molecule has 1 aromatic carbocycles. The molecule has 0 saturated heterocycles. The van der Waals surface area contributed by atoms with Gasteiger partial charge in [-0.15, -0.1) is 0 Å². The largest absolute Gasteiger partial charge is 0.456 e. The van der Waals surface area contributed by atoms with Crippen LogP contribution in [0, 0.1) is 0 Å². The highest BCUT2D eigenvalue weighted by molar-refractivity contribution is 6.32. The molecule has 5 heteroatoms. The number of Topliss-reactive ketones (excluding diaryl/α,β-unsaturated/α-hetero) is 1. The summed E-state index contributed by atoms with van der Waals surface area (Å²) in [5.41, 5.74) is 0.859. The summed E-state index contributed by atoms with van der Waals surface area (Å²) in [6.45, 7) is 1.54. The van der Waals surface area contributed by atoms with Crippen LogP contribution in [0.25, 0.3) is 0 Å². The third-order valence-corrected chi connectivity index (χ3v) is 2.88. The van der Waals surface area contributed by atoms with Gasteiger partial charge in [-0.3, -0.25) is 4.79 Å². The van der Waals surface area contributed by atoms with Gasteiger partial charge in [0.25, 0.3) is 0 Å². The van der Waals surface area contributed by atoms with Gasteiger partial charge in [0.15, 0.2) is 0 Å². The number of hydrogen-bond acceptors (Lipinski definition) is 3. The molecule has 0 atom stereocenters. The van der Waals surface area contributed by atoms with E-state index in [1.807, 2.05) is 6.07 Å². The number of benzene rings is 1. The molecule has 0 bridgehead atoms. The molecule has 1 aromatic heterocycles. The summed E-state index contributed by atoms with van der Waals surface area (Å²) >= 11 is 11.9. The van der Waals surface area contributed by atoms with E-state index in [2.05, 4.69) is 4.98 Å². The van der Waals surface area contributed by atoms with Gasteiger partial charge in [0.1, 0.15) is 22.4 Å². The van der Waals surface area contributed by atoms with Gasteiger partial charge in [-0.25, -0.2) is 4.98 Å². The van der Waals surface area contributed by atoms with Gasteiger partial charge >= 0.3 is 0 Å². The first-order valence-electron chi connectivity index (χ1n) is 5.62. The van der Waals surface area contributed by atoms with Crippen LogP contribution in [-0.2, 0) is 11.2 Å². The van der Waals surface area contributed by atoms with Gasteiger partial charge in [0.2, 0.25) is 0 Å². The van der Waals surface area contributed by atoms with Crippen molar-refractivity contribution >= 4 is 29.0 Å². The summed E-state index contributed by atoms with van der Waals surface area (Å²) in [7, 11) is 0. The van der Waals surface area contributed by atoms with Crippen molar-refractivity contribution in [1.82, 2.24) is 4.98 Å². The fourth-order valence-electron chi connectivity index (χ4n) is 1.60. The van der Waals surface area contributed by atoms with Crippen LogP contribution in [0.3, 0.4) is 0 Å². The van der Waals surface area contributed by atoms with E-state index in [4.69, 9.17) is 27.9 Å². The number of pyridine rings is 1. The first-order valence-corrected chi connectivity index (χ1v) is 6.37. The number of aromatic nitrogens is 1. The number of rotatable bonds is 4. The molecule has 0 aliphatic carbocycles. The van der Waals surface area contributed by atoms with Crippen LogP contribution in [0.5, 0.6) is 11.5 Å². The number of carbonyl (C=O) groups is 1. The Labute approximate surface area is 121 Å². The fourth-order valence-corrected chi connectivity index (χ4v) is 2.01. The monoisotopic (exact) mass is 295 g/mol. The molecule has 3 nitrogen and oxygen atoms in total. The van der Waals surface area contributed by atoms with Gasteiger partial charge in [-0.2, -0.15) is 0 Å². The normalized spacial score (nSPS) is 10.3. The summed E-state index contributed by atoms with van der Waals surface area (Å²) in [6, 6.07) is 8.55. The number of halogens is 2. The molecular formula is C14H11Cl2NO2. The Balaban J connectivity index is 2.19. The first-order chi connectivity index (χ1) is 9.04. The number of ketones is 1. The molecule has 0 saturated carbocycles. The molecule has 19 heavy (non-hydrogen) atoms. The molecule has 0 unspecified atom stereocenters. The second kappa shape index (κ2) is 6.04. The van der Waals surface area contributed by atoms with Gasteiger partial charge < -0.3 is 4.74 Å². The van der Waals surface area contributed by atoms with Crippen molar-refractivity contribution in [1.29, 1.82) is 0 Å². The van der Waals surface area contributed by atoms with E-state index in [1.54, 1.807) is 30.5 Å². The highest BCUT2D eigenvalue weighted by Gasteiger charge is 2.06. The number of carbonyl (C=O) groups excluding carboxylic acids is 1. The zero-order valence-corrected chi connectivity index (χ0v) is 11.7. The fraction of sp³-hybridized carbons (Fsp3) is 0.143. The maximum atomic E-state index is 11.0. The van der Waals surface area contributed by atoms with E-state index < -0.39 is 0 Å². The average molecular weight is 296 g/mol. The van der Waals surface area contributed by atoms with Crippen molar-refractivity contribution in [3.05, 3.63) is 52.3 Å². The van der Waals surface area contributed by atoms with Crippen LogP contribution >= 0.6 is 23.2 Å². The van der Waals surface area contributed by atoms with Crippen LogP contribution in [0.2, 0.25) is 10.2 Å². The summed E-state index contributed by atoms with van der Waals surface area (Å²) in [5.74, 6) is 1.16. The third-order valence-electron chi connectivity index (χ3n) is 2.38. The second-order valence-corrected chi connectivity index (χ2v) is 4.85. The lowest BCUT2D eigenvalue weighted by atomic mass is 10.1. The highest BCUT2D eigenvalue weighted by atomic mass is 35.5. The van der Waals surface area contributed by atoms with Crippen molar-refractivity contribution in [2.75, 3.05) is 0 Å². The van der Waals surface area contributed by atoms with Crippen LogP contribution in [0.15, 0.2) is 36.5 Å². The summed E-state index contributed by atoms with van der Waals surface area (Å²) in [4.78, 5) is 14.9. The van der Waals surface area contributed by atoms with Crippen LogP contribution < -0.4 is 4.74 Å². The van der Waals surface area contributed by atoms with Gasteiger partial charge in [0.05, 0.1) is 5.02 Å². The van der Waals surface area contributed by atoms with Crippen molar-refractivity contribution < 1.29 is 9.53 Å². The molecule has 0 amide bonds. The standard InChI is InChI=1S/C14H11Cl2NO2/c1-9(18)6-10-2-3-13(12(15)7-10)19-11-4-5-17-14(16)8-11/h2-5,7-8H,6H2,1H3. The molecule has 0 aliphatic heterocycles. The quantitative estimate of drug-likeness (QED) is 0.789. The minimum absolute atomic E-state index is 0.0886. The Bertz CT molecular complexity index is 614. The molecule has 0 fully saturated rings. The van der Waals surface area contributed by atoms with E-state index in [0.717, 1.165) is 5.56 Å². The molecule has 2 rings (SSSR count). The molecule has 0 radical (unpaired) electrons. The minimum atomic E-state index is 0.0886. The molecule has 2 aromatic rings. The number of nitrogens with zero attached hydrogens (tertiary/aromatic N) is 1. The smallest absolute Gasteiger partial charge is 0.146 e. The summed E-state index contributed by atoms with van der Waals surface area (Å²) < 4.78 is 5.61. The maximum Gasteiger partial charge on any atom is 0.146 e. The van der Waals surface area contributed by atoms with Gasteiger partial charge in [-0.05, 0) is 30.7 Å². The van der Waals surface area contributed by atoms with E-state index in [1.165, 1.54) is 6.92 Å². The lowest BCUT2D eigenvalue weighted by Crippen LogP contribution is -1.96. The zero-order chi connectivity index (χ0) is 13.8. The predicted octanol–water partition coefficient (Wildman–Crippen LogP) is 4.31. The minimum Gasteiger partial charge on any atom is -0.456 e. The third kappa shape index (κ3) is 3.94. The van der Waals surface area contributed by atoms with Crippen LogP contribution in [-0.4, -0.2) is 10.8 Å². The predicted molar refractivity (Wildman–Crippen MR) is 75.2 cm³/mol. The molecule has 0 aliphatic rings. The Hall–Kier alpha value is -1.58. The van der Waals surface area contributed by atoms with Gasteiger partial charge in [-0.1, -0.05) is 29.3 Å².